The van der Waals surface area contributed by atoms with Crippen molar-refractivity contribution in [1.82, 2.24) is 0 Å². The van der Waals surface area contributed by atoms with Crippen LogP contribution in [0.4, 0.5) is 14.5 Å². The third-order valence-electron chi connectivity index (χ3n) is 2.71. The molecule has 2 nitrogen and oxygen atoms in total. The molecule has 19 heavy (non-hydrogen) atoms. The summed E-state index contributed by atoms with van der Waals surface area (Å²) < 4.78 is 32.7. The Kier molecular flexibility index (Phi) is 3.90. The maximum Gasteiger partial charge on any atom is 0.201 e. The molecule has 0 radical (unpaired) electrons. The fourth-order valence-electron chi connectivity index (χ4n) is 1.77. The molecule has 0 unspecified atom stereocenters. The number of benzene rings is 2. The fraction of sp³-hybridized carbons (Fsp3) is 0.133. The van der Waals surface area contributed by atoms with Crippen LogP contribution in [0.3, 0.4) is 0 Å². The van der Waals surface area contributed by atoms with Crippen LogP contribution in [0.5, 0.6) is 5.75 Å². The van der Waals surface area contributed by atoms with Gasteiger partial charge in [0.15, 0.2) is 11.6 Å². The largest absolute Gasteiger partial charge is 0.491 e. The molecule has 0 N–H and O–H groups in total. The van der Waals surface area contributed by atoms with Crippen LogP contribution in [0.15, 0.2) is 41.4 Å². The molecule has 0 spiro atoms. The second kappa shape index (κ2) is 5.61. The van der Waals surface area contributed by atoms with Crippen LogP contribution in [-0.2, 0) is 0 Å². The molecular weight excluding hydrogens is 248 g/mol. The number of hydrogen-bond acceptors (Lipinski definition) is 2. The minimum Gasteiger partial charge on any atom is -0.491 e. The Morgan fingerprint density at radius 1 is 1.05 bits per heavy atom. The van der Waals surface area contributed by atoms with Gasteiger partial charge in [-0.05, 0) is 43.5 Å². The van der Waals surface area contributed by atoms with Crippen molar-refractivity contribution in [2.24, 2.45) is 4.99 Å². The third kappa shape index (κ3) is 2.62. The Hall–Kier alpha value is -2.23. The molecule has 0 aromatic heterocycles. The van der Waals surface area contributed by atoms with E-state index in [0.717, 1.165) is 0 Å². The van der Waals surface area contributed by atoms with Gasteiger partial charge in [0, 0.05) is 5.56 Å². The summed E-state index contributed by atoms with van der Waals surface area (Å²) in [6.45, 7) is 5.40. The molecule has 0 saturated carbocycles. The molecule has 2 aromatic rings. The molecule has 0 fully saturated rings. The van der Waals surface area contributed by atoms with E-state index in [-0.39, 0.29) is 17.9 Å². The van der Waals surface area contributed by atoms with Crippen molar-refractivity contribution in [3.63, 3.8) is 0 Å². The summed E-state index contributed by atoms with van der Waals surface area (Å²) >= 11 is 0. The number of aliphatic imine (C=N–C) groups is 1. The van der Waals surface area contributed by atoms with Crippen molar-refractivity contribution in [3.8, 4) is 16.9 Å². The first kappa shape index (κ1) is 13.2. The van der Waals surface area contributed by atoms with Gasteiger partial charge in [-0.3, -0.25) is 4.99 Å². The first-order chi connectivity index (χ1) is 9.17. The summed E-state index contributed by atoms with van der Waals surface area (Å²) in [6, 6.07) is 9.65. The SMILES string of the molecule is C=Nc1ccc(-c2ccc(OCC)c(F)c2F)cc1. The van der Waals surface area contributed by atoms with Gasteiger partial charge in [-0.2, -0.15) is 4.39 Å². The van der Waals surface area contributed by atoms with Gasteiger partial charge in [0.25, 0.3) is 0 Å². The van der Waals surface area contributed by atoms with Crippen molar-refractivity contribution in [3.05, 3.63) is 48.0 Å². The minimum absolute atomic E-state index is 0.0758. The van der Waals surface area contributed by atoms with Gasteiger partial charge in [0.05, 0.1) is 12.3 Å². The van der Waals surface area contributed by atoms with Gasteiger partial charge in [0.1, 0.15) is 0 Å². The lowest BCUT2D eigenvalue weighted by atomic mass is 10.0. The molecule has 0 aliphatic carbocycles. The number of ether oxygens (including phenoxy) is 1. The van der Waals surface area contributed by atoms with E-state index in [9.17, 15) is 8.78 Å². The van der Waals surface area contributed by atoms with Crippen molar-refractivity contribution >= 4 is 12.4 Å². The van der Waals surface area contributed by atoms with Crippen LogP contribution >= 0.6 is 0 Å². The molecule has 98 valence electrons. The van der Waals surface area contributed by atoms with Crippen molar-refractivity contribution in [2.75, 3.05) is 6.61 Å². The minimum atomic E-state index is -0.967. The molecule has 0 amide bonds. The highest BCUT2D eigenvalue weighted by molar-refractivity contribution is 5.67. The average Bonchev–Trinajstić information content (AvgIpc) is 2.45. The Balaban J connectivity index is 2.44. The van der Waals surface area contributed by atoms with Crippen LogP contribution < -0.4 is 4.74 Å². The van der Waals surface area contributed by atoms with E-state index in [1.165, 1.54) is 12.1 Å². The Morgan fingerprint density at radius 3 is 2.32 bits per heavy atom. The molecule has 0 atom stereocenters. The van der Waals surface area contributed by atoms with Gasteiger partial charge >= 0.3 is 0 Å². The molecule has 0 heterocycles. The Labute approximate surface area is 110 Å². The second-order valence-electron chi connectivity index (χ2n) is 3.88. The van der Waals surface area contributed by atoms with Gasteiger partial charge in [0.2, 0.25) is 5.82 Å². The summed E-state index contributed by atoms with van der Waals surface area (Å²) in [7, 11) is 0. The van der Waals surface area contributed by atoms with Crippen LogP contribution in [0.25, 0.3) is 11.1 Å². The highest BCUT2D eigenvalue weighted by Gasteiger charge is 2.15. The summed E-state index contributed by atoms with van der Waals surface area (Å²) in [5.74, 6) is -1.95. The zero-order valence-electron chi connectivity index (χ0n) is 10.5. The molecule has 0 aliphatic rings. The maximum absolute atomic E-state index is 14.0. The fourth-order valence-corrected chi connectivity index (χ4v) is 1.77. The lowest BCUT2D eigenvalue weighted by Crippen LogP contribution is -1.98. The van der Waals surface area contributed by atoms with Crippen LogP contribution in [0, 0.1) is 11.6 Å². The number of hydrogen-bond donors (Lipinski definition) is 0. The van der Waals surface area contributed by atoms with Gasteiger partial charge < -0.3 is 4.74 Å². The summed E-state index contributed by atoms with van der Waals surface area (Å²) in [5.41, 5.74) is 1.44. The van der Waals surface area contributed by atoms with Crippen molar-refractivity contribution in [2.45, 2.75) is 6.92 Å². The highest BCUT2D eigenvalue weighted by Crippen LogP contribution is 2.30. The predicted octanol–water partition coefficient (Wildman–Crippen LogP) is 4.36. The normalized spacial score (nSPS) is 10.3. The lowest BCUT2D eigenvalue weighted by Gasteiger charge is -2.09. The average molecular weight is 261 g/mol. The molecule has 0 saturated heterocycles. The third-order valence-corrected chi connectivity index (χ3v) is 2.71. The van der Waals surface area contributed by atoms with Crippen molar-refractivity contribution in [1.29, 1.82) is 0 Å². The molecule has 2 rings (SSSR count). The van der Waals surface area contributed by atoms with E-state index in [0.29, 0.717) is 11.3 Å². The lowest BCUT2D eigenvalue weighted by molar-refractivity contribution is 0.314. The zero-order chi connectivity index (χ0) is 13.8. The number of rotatable bonds is 4. The predicted molar refractivity (Wildman–Crippen MR) is 72.2 cm³/mol. The Morgan fingerprint density at radius 2 is 1.74 bits per heavy atom. The number of nitrogens with zero attached hydrogens (tertiary/aromatic N) is 1. The first-order valence-electron chi connectivity index (χ1n) is 5.85. The van der Waals surface area contributed by atoms with Crippen LogP contribution in [0.1, 0.15) is 6.92 Å². The highest BCUT2D eigenvalue weighted by atomic mass is 19.2. The standard InChI is InChI=1S/C15H13F2NO/c1-3-19-13-9-8-12(14(16)15(13)17)10-4-6-11(18-2)7-5-10/h4-9H,2-3H2,1H3. The van der Waals surface area contributed by atoms with E-state index in [1.807, 2.05) is 0 Å². The maximum atomic E-state index is 14.0. The van der Waals surface area contributed by atoms with Gasteiger partial charge in [-0.1, -0.05) is 12.1 Å². The molecule has 0 bridgehead atoms. The Bertz CT molecular complexity index is 594. The van der Waals surface area contributed by atoms with Gasteiger partial charge in [-0.15, -0.1) is 0 Å². The molecular formula is C15H13F2NO. The molecule has 0 aliphatic heterocycles. The van der Waals surface area contributed by atoms with Crippen LogP contribution in [0.2, 0.25) is 0 Å². The van der Waals surface area contributed by atoms with E-state index < -0.39 is 11.6 Å². The monoisotopic (exact) mass is 261 g/mol. The summed E-state index contributed by atoms with van der Waals surface area (Å²) in [5, 5.41) is 0. The molecule has 4 heteroatoms. The number of halogens is 2. The van der Waals surface area contributed by atoms with E-state index in [4.69, 9.17) is 4.74 Å². The molecule has 2 aromatic carbocycles. The van der Waals surface area contributed by atoms with Crippen molar-refractivity contribution < 1.29 is 13.5 Å². The topological polar surface area (TPSA) is 21.6 Å². The van der Waals surface area contributed by atoms with E-state index in [2.05, 4.69) is 11.7 Å². The summed E-state index contributed by atoms with van der Waals surface area (Å²) in [4.78, 5) is 3.75. The second-order valence-corrected chi connectivity index (χ2v) is 3.88. The summed E-state index contributed by atoms with van der Waals surface area (Å²) in [6.07, 6.45) is 0. The van der Waals surface area contributed by atoms with E-state index >= 15 is 0 Å². The van der Waals surface area contributed by atoms with E-state index in [1.54, 1.807) is 31.2 Å². The van der Waals surface area contributed by atoms with Gasteiger partial charge in [-0.25, -0.2) is 4.39 Å². The smallest absolute Gasteiger partial charge is 0.201 e. The quantitative estimate of drug-likeness (QED) is 0.749. The van der Waals surface area contributed by atoms with Crippen LogP contribution in [-0.4, -0.2) is 13.3 Å². The zero-order valence-corrected chi connectivity index (χ0v) is 10.5. The first-order valence-corrected chi connectivity index (χ1v) is 5.85.